The number of rotatable bonds is 5. The molecule has 2 heterocycles. The molecule has 0 aliphatic carbocycles. The minimum Gasteiger partial charge on any atom is -0.394 e. The molecule has 2 aliphatic rings. The van der Waals surface area contributed by atoms with Crippen molar-refractivity contribution in [1.29, 1.82) is 0 Å². The Balaban J connectivity index is 2.12. The highest BCUT2D eigenvalue weighted by Gasteiger charge is 2.55. The third-order valence-electron chi connectivity index (χ3n) is 3.70. The largest absolute Gasteiger partial charge is 0.394 e. The van der Waals surface area contributed by atoms with Crippen LogP contribution in [-0.4, -0.2) is 76.6 Å². The summed E-state index contributed by atoms with van der Waals surface area (Å²) in [5, 5.41) is 40.9. The first-order valence-corrected chi connectivity index (χ1v) is 6.87. The number of hydrogen-bond acceptors (Lipinski definition) is 9. The number of ether oxygens (including phenoxy) is 3. The smallest absolute Gasteiger partial charge is 0.328 e. The molecule has 0 spiro atoms. The maximum atomic E-state index is 11.2. The van der Waals surface area contributed by atoms with Gasteiger partial charge in [-0.15, -0.1) is 0 Å². The lowest BCUT2D eigenvalue weighted by molar-refractivity contribution is -0.645. The number of hydrogen-bond donors (Lipinski definition) is 2. The molecule has 11 heteroatoms. The van der Waals surface area contributed by atoms with Crippen LogP contribution in [0, 0.1) is 20.2 Å². The minimum atomic E-state index is -1.68. The van der Waals surface area contributed by atoms with E-state index < -0.39 is 53.1 Å². The topological polar surface area (TPSA) is 154 Å². The van der Waals surface area contributed by atoms with E-state index in [1.165, 1.54) is 0 Å². The zero-order valence-corrected chi connectivity index (χ0v) is 11.6. The normalized spacial score (nSPS) is 39.4. The molecule has 6 atom stereocenters. The highest BCUT2D eigenvalue weighted by atomic mass is 16.7. The van der Waals surface area contributed by atoms with Gasteiger partial charge in [-0.3, -0.25) is 20.2 Å². The fraction of sp³-hybridized carbons (Fsp3) is 1.00. The standard InChI is InChI=1S/C11H18N2O9/c14-3-7-2-9(12(16)17)10(13(18)19)11(21-7)22-8-1-6(15)4-20-5-8/h6-11,14-15H,1-5H2/t6-,7+,8+,9+,10-,11+/m0/s1. The lowest BCUT2D eigenvalue weighted by Gasteiger charge is -2.35. The average Bonchev–Trinajstić information content (AvgIpc) is 2.45. The zero-order valence-electron chi connectivity index (χ0n) is 11.6. The quantitative estimate of drug-likeness (QED) is 0.457. The molecule has 0 aromatic carbocycles. The van der Waals surface area contributed by atoms with Crippen LogP contribution in [0.5, 0.6) is 0 Å². The monoisotopic (exact) mass is 322 g/mol. The van der Waals surface area contributed by atoms with E-state index in [9.17, 15) is 25.3 Å². The number of nitro groups is 2. The van der Waals surface area contributed by atoms with Crippen LogP contribution in [0.2, 0.25) is 0 Å². The van der Waals surface area contributed by atoms with E-state index in [-0.39, 0.29) is 26.1 Å². The van der Waals surface area contributed by atoms with Crippen molar-refractivity contribution in [2.45, 2.75) is 49.5 Å². The van der Waals surface area contributed by atoms with E-state index in [2.05, 4.69) is 0 Å². The average molecular weight is 322 g/mol. The lowest BCUT2D eigenvalue weighted by Crippen LogP contribution is -2.58. The molecule has 0 bridgehead atoms. The SMILES string of the molecule is O=[N+]([O-])[C@@H]1[C@@H](O[C@H]2COC[C@@H](O)C2)O[C@@H](CO)C[C@H]1[N+](=O)[O-]. The van der Waals surface area contributed by atoms with E-state index in [4.69, 9.17) is 19.3 Å². The van der Waals surface area contributed by atoms with Gasteiger partial charge in [0.05, 0.1) is 44.6 Å². The Bertz CT molecular complexity index is 420. The minimum absolute atomic E-state index is 0.105. The molecule has 0 unspecified atom stereocenters. The summed E-state index contributed by atoms with van der Waals surface area (Å²) in [6.45, 7) is -0.256. The van der Waals surface area contributed by atoms with Crippen LogP contribution in [-0.2, 0) is 14.2 Å². The highest BCUT2D eigenvalue weighted by Crippen LogP contribution is 2.27. The molecule has 2 rings (SSSR count). The van der Waals surface area contributed by atoms with Crippen LogP contribution in [0.4, 0.5) is 0 Å². The summed E-state index contributed by atoms with van der Waals surface area (Å²) in [6.07, 6.45) is -3.89. The van der Waals surface area contributed by atoms with Gasteiger partial charge in [-0.25, -0.2) is 0 Å². The maximum absolute atomic E-state index is 11.2. The van der Waals surface area contributed by atoms with Crippen molar-refractivity contribution >= 4 is 0 Å². The van der Waals surface area contributed by atoms with Crippen molar-refractivity contribution in [2.75, 3.05) is 19.8 Å². The summed E-state index contributed by atoms with van der Waals surface area (Å²) in [5.74, 6) is 0. The molecule has 0 amide bonds. The predicted molar refractivity (Wildman–Crippen MR) is 68.2 cm³/mol. The summed E-state index contributed by atoms with van der Waals surface area (Å²) < 4.78 is 15.8. The molecule has 2 aliphatic heterocycles. The zero-order chi connectivity index (χ0) is 16.3. The van der Waals surface area contributed by atoms with Gasteiger partial charge in [-0.2, -0.15) is 0 Å². The first-order valence-electron chi connectivity index (χ1n) is 6.87. The second-order valence-electron chi connectivity index (χ2n) is 5.36. The molecule has 22 heavy (non-hydrogen) atoms. The van der Waals surface area contributed by atoms with E-state index >= 15 is 0 Å². The van der Waals surface area contributed by atoms with Crippen molar-refractivity contribution in [3.05, 3.63) is 20.2 Å². The molecule has 0 radical (unpaired) electrons. The van der Waals surface area contributed by atoms with Crippen molar-refractivity contribution in [1.82, 2.24) is 0 Å². The van der Waals surface area contributed by atoms with Gasteiger partial charge in [0.2, 0.25) is 6.29 Å². The van der Waals surface area contributed by atoms with E-state index in [1.807, 2.05) is 0 Å². The Hall–Kier alpha value is -1.40. The number of aliphatic hydroxyl groups excluding tert-OH is 2. The van der Waals surface area contributed by atoms with Gasteiger partial charge in [0.25, 0.3) is 6.04 Å². The van der Waals surface area contributed by atoms with Gasteiger partial charge < -0.3 is 24.4 Å². The Labute approximate surface area is 125 Å². The van der Waals surface area contributed by atoms with Crippen molar-refractivity contribution < 1.29 is 34.3 Å². The summed E-state index contributed by atoms with van der Waals surface area (Å²) in [7, 11) is 0. The lowest BCUT2D eigenvalue weighted by atomic mass is 9.98. The van der Waals surface area contributed by atoms with Crippen LogP contribution in [0.15, 0.2) is 0 Å². The summed E-state index contributed by atoms with van der Waals surface area (Å²) in [4.78, 5) is 20.7. The van der Waals surface area contributed by atoms with Gasteiger partial charge in [0.1, 0.15) is 0 Å². The van der Waals surface area contributed by atoms with Crippen molar-refractivity contribution in [3.8, 4) is 0 Å². The molecule has 2 saturated heterocycles. The molecule has 11 nitrogen and oxygen atoms in total. The van der Waals surface area contributed by atoms with Gasteiger partial charge in [-0.1, -0.05) is 0 Å². The third-order valence-corrected chi connectivity index (χ3v) is 3.70. The fourth-order valence-electron chi connectivity index (χ4n) is 2.66. The summed E-state index contributed by atoms with van der Waals surface area (Å²) >= 11 is 0. The molecule has 0 aromatic rings. The fourth-order valence-corrected chi connectivity index (χ4v) is 2.66. The second-order valence-corrected chi connectivity index (χ2v) is 5.36. The van der Waals surface area contributed by atoms with Crippen LogP contribution in [0.25, 0.3) is 0 Å². The van der Waals surface area contributed by atoms with E-state index in [0.29, 0.717) is 0 Å². The first kappa shape index (κ1) is 17.0. The Morgan fingerprint density at radius 1 is 1.18 bits per heavy atom. The van der Waals surface area contributed by atoms with E-state index in [0.717, 1.165) is 0 Å². The summed E-state index contributed by atoms with van der Waals surface area (Å²) in [6, 6.07) is -3.20. The van der Waals surface area contributed by atoms with E-state index in [1.54, 1.807) is 0 Å². The van der Waals surface area contributed by atoms with Gasteiger partial charge >= 0.3 is 6.04 Å². The van der Waals surface area contributed by atoms with Gasteiger partial charge in [0.15, 0.2) is 0 Å². The van der Waals surface area contributed by atoms with Crippen LogP contribution < -0.4 is 0 Å². The second kappa shape index (κ2) is 7.24. The first-order chi connectivity index (χ1) is 10.4. The Morgan fingerprint density at radius 2 is 1.91 bits per heavy atom. The highest BCUT2D eigenvalue weighted by molar-refractivity contribution is 4.84. The van der Waals surface area contributed by atoms with Crippen LogP contribution in [0.1, 0.15) is 12.8 Å². The molecule has 0 saturated carbocycles. The van der Waals surface area contributed by atoms with Gasteiger partial charge in [0, 0.05) is 16.3 Å². The molecule has 126 valence electrons. The molecule has 2 N–H and O–H groups in total. The van der Waals surface area contributed by atoms with Crippen LogP contribution >= 0.6 is 0 Å². The third kappa shape index (κ3) is 3.87. The predicted octanol–water partition coefficient (Wildman–Crippen LogP) is -1.45. The number of aliphatic hydroxyl groups is 2. The van der Waals surface area contributed by atoms with Crippen LogP contribution in [0.3, 0.4) is 0 Å². The Kier molecular flexibility index (Phi) is 5.58. The molecular formula is C11H18N2O9. The maximum Gasteiger partial charge on any atom is 0.328 e. The van der Waals surface area contributed by atoms with Gasteiger partial charge in [-0.05, 0) is 0 Å². The van der Waals surface area contributed by atoms with Crippen molar-refractivity contribution in [2.24, 2.45) is 0 Å². The molecule has 0 aromatic heterocycles. The number of nitrogens with zero attached hydrogens (tertiary/aromatic N) is 2. The van der Waals surface area contributed by atoms with Crippen molar-refractivity contribution in [3.63, 3.8) is 0 Å². The Morgan fingerprint density at radius 3 is 2.45 bits per heavy atom. The molecule has 2 fully saturated rings. The molecular weight excluding hydrogens is 304 g/mol. The summed E-state index contributed by atoms with van der Waals surface area (Å²) in [5.41, 5.74) is 0.